The first kappa shape index (κ1) is 17.8. The fourth-order valence-corrected chi connectivity index (χ4v) is 2.32. The highest BCUT2D eigenvalue weighted by Crippen LogP contribution is 2.27. The average molecular weight is 331 g/mol. The fraction of sp³-hybridized carbons (Fsp3) is 0.471. The Bertz CT molecular complexity index is 648. The van der Waals surface area contributed by atoms with Crippen molar-refractivity contribution in [2.24, 2.45) is 0 Å². The van der Waals surface area contributed by atoms with E-state index in [0.717, 1.165) is 0 Å². The molecule has 0 radical (unpaired) electrons. The van der Waals surface area contributed by atoms with Gasteiger partial charge in [-0.3, -0.25) is 4.79 Å². The zero-order valence-electron chi connectivity index (χ0n) is 13.9. The van der Waals surface area contributed by atoms with E-state index in [1.807, 2.05) is 17.9 Å². The molecule has 24 heavy (non-hydrogen) atoms. The number of nitrogens with one attached hydrogen (secondary N) is 1. The fourth-order valence-electron chi connectivity index (χ4n) is 2.32. The quantitative estimate of drug-likeness (QED) is 0.666. The lowest BCUT2D eigenvalue weighted by Crippen LogP contribution is -2.36. The molecule has 1 atom stereocenters. The summed E-state index contributed by atoms with van der Waals surface area (Å²) in [7, 11) is 0. The molecule has 0 aromatic heterocycles. The van der Waals surface area contributed by atoms with Gasteiger partial charge in [0, 0.05) is 13.1 Å². The Kier molecular flexibility index (Phi) is 6.15. The number of benzene rings is 1. The molecule has 0 spiro atoms. The van der Waals surface area contributed by atoms with Gasteiger partial charge in [0.25, 0.3) is 0 Å². The van der Waals surface area contributed by atoms with E-state index in [1.54, 1.807) is 19.1 Å². The standard InChI is InChI=1S/C17H21N3O4/c1-3-12(2)24-17(22)16(21)19-14-5-4-6-15(13(14)11-18)20-7-9-23-10-8-20/h4-6,12H,3,7-10H2,1-2H3,(H,19,21). The summed E-state index contributed by atoms with van der Waals surface area (Å²) < 4.78 is 10.3. The lowest BCUT2D eigenvalue weighted by atomic mass is 10.1. The molecule has 7 nitrogen and oxygen atoms in total. The average Bonchev–Trinajstić information content (AvgIpc) is 2.61. The summed E-state index contributed by atoms with van der Waals surface area (Å²) in [6, 6.07) is 7.26. The summed E-state index contributed by atoms with van der Waals surface area (Å²) in [6.07, 6.45) is 0.285. The predicted molar refractivity (Wildman–Crippen MR) is 88.7 cm³/mol. The number of nitriles is 1. The van der Waals surface area contributed by atoms with Gasteiger partial charge in [-0.2, -0.15) is 5.26 Å². The minimum absolute atomic E-state index is 0.299. The van der Waals surface area contributed by atoms with Crippen molar-refractivity contribution in [3.63, 3.8) is 0 Å². The summed E-state index contributed by atoms with van der Waals surface area (Å²) in [5, 5.41) is 12.0. The zero-order chi connectivity index (χ0) is 17.5. The number of amides is 1. The third kappa shape index (κ3) is 4.24. The molecule has 2 rings (SSSR count). The molecule has 1 N–H and O–H groups in total. The molecule has 1 heterocycles. The molecular formula is C17H21N3O4. The van der Waals surface area contributed by atoms with Gasteiger partial charge in [0.15, 0.2) is 0 Å². The van der Waals surface area contributed by atoms with Crippen molar-refractivity contribution >= 4 is 23.3 Å². The SMILES string of the molecule is CCC(C)OC(=O)C(=O)Nc1cccc(N2CCOCC2)c1C#N. The zero-order valence-corrected chi connectivity index (χ0v) is 13.9. The highest BCUT2D eigenvalue weighted by Gasteiger charge is 2.22. The molecule has 1 aromatic rings. The van der Waals surface area contributed by atoms with Crippen LogP contribution < -0.4 is 10.2 Å². The van der Waals surface area contributed by atoms with E-state index < -0.39 is 11.9 Å². The molecule has 1 aromatic carbocycles. The van der Waals surface area contributed by atoms with Gasteiger partial charge in [-0.25, -0.2) is 4.79 Å². The first-order valence-corrected chi connectivity index (χ1v) is 7.94. The first-order chi connectivity index (χ1) is 11.6. The van der Waals surface area contributed by atoms with Crippen LogP contribution in [-0.2, 0) is 19.1 Å². The summed E-state index contributed by atoms with van der Waals surface area (Å²) in [6.45, 7) is 6.08. The van der Waals surface area contributed by atoms with E-state index in [1.165, 1.54) is 0 Å². The van der Waals surface area contributed by atoms with E-state index >= 15 is 0 Å². The predicted octanol–water partition coefficient (Wildman–Crippen LogP) is 1.68. The van der Waals surface area contributed by atoms with Gasteiger partial charge in [0.1, 0.15) is 6.07 Å². The van der Waals surface area contributed by atoms with Crippen LogP contribution in [0.3, 0.4) is 0 Å². The summed E-state index contributed by atoms with van der Waals surface area (Å²) in [5.74, 6) is -1.84. The number of carbonyl (C=O) groups is 2. The smallest absolute Gasteiger partial charge is 0.397 e. The molecule has 1 aliphatic rings. The maximum atomic E-state index is 12.0. The van der Waals surface area contributed by atoms with Crippen LogP contribution in [0.1, 0.15) is 25.8 Å². The second-order valence-corrected chi connectivity index (χ2v) is 5.49. The molecule has 1 fully saturated rings. The third-order valence-corrected chi connectivity index (χ3v) is 3.82. The van der Waals surface area contributed by atoms with Crippen molar-refractivity contribution in [2.45, 2.75) is 26.4 Å². The Morgan fingerprint density at radius 1 is 1.42 bits per heavy atom. The van der Waals surface area contributed by atoms with Gasteiger partial charge in [0.2, 0.25) is 0 Å². The molecule has 0 bridgehead atoms. The minimum atomic E-state index is -0.954. The molecule has 1 amide bonds. The van der Waals surface area contributed by atoms with Gasteiger partial charge in [-0.05, 0) is 25.5 Å². The largest absolute Gasteiger partial charge is 0.456 e. The van der Waals surface area contributed by atoms with Gasteiger partial charge >= 0.3 is 11.9 Å². The van der Waals surface area contributed by atoms with Crippen molar-refractivity contribution in [3.05, 3.63) is 23.8 Å². The number of morpholine rings is 1. The van der Waals surface area contributed by atoms with Crippen LogP contribution in [0.25, 0.3) is 0 Å². The van der Waals surface area contributed by atoms with Crippen LogP contribution in [0.4, 0.5) is 11.4 Å². The van der Waals surface area contributed by atoms with Gasteiger partial charge in [-0.15, -0.1) is 0 Å². The van der Waals surface area contributed by atoms with Gasteiger partial charge in [0.05, 0.1) is 36.3 Å². The number of rotatable bonds is 4. The number of ether oxygens (including phenoxy) is 2. The van der Waals surface area contributed by atoms with Crippen LogP contribution in [0.15, 0.2) is 18.2 Å². The lowest BCUT2D eigenvalue weighted by molar-refractivity contribution is -0.156. The summed E-state index contributed by atoms with van der Waals surface area (Å²) >= 11 is 0. The maximum absolute atomic E-state index is 12.0. The first-order valence-electron chi connectivity index (χ1n) is 7.94. The van der Waals surface area contributed by atoms with Crippen molar-refractivity contribution in [3.8, 4) is 6.07 Å². The molecular weight excluding hydrogens is 310 g/mol. The maximum Gasteiger partial charge on any atom is 0.397 e. The van der Waals surface area contributed by atoms with Crippen LogP contribution >= 0.6 is 0 Å². The Balaban J connectivity index is 2.17. The molecule has 7 heteroatoms. The number of anilines is 2. The molecule has 0 saturated carbocycles. The van der Waals surface area contributed by atoms with E-state index in [-0.39, 0.29) is 6.10 Å². The van der Waals surface area contributed by atoms with Crippen molar-refractivity contribution in [1.29, 1.82) is 5.26 Å². The number of carbonyl (C=O) groups excluding carboxylic acids is 2. The number of esters is 1. The van der Waals surface area contributed by atoms with E-state index in [0.29, 0.717) is 49.7 Å². The van der Waals surface area contributed by atoms with E-state index in [4.69, 9.17) is 9.47 Å². The van der Waals surface area contributed by atoms with Gasteiger partial charge < -0.3 is 19.7 Å². The second kappa shape index (κ2) is 8.31. The van der Waals surface area contributed by atoms with Gasteiger partial charge in [-0.1, -0.05) is 13.0 Å². The van der Waals surface area contributed by atoms with Crippen molar-refractivity contribution < 1.29 is 19.1 Å². The number of hydrogen-bond acceptors (Lipinski definition) is 6. The second-order valence-electron chi connectivity index (χ2n) is 5.49. The molecule has 128 valence electrons. The lowest BCUT2D eigenvalue weighted by Gasteiger charge is -2.30. The number of hydrogen-bond donors (Lipinski definition) is 1. The third-order valence-electron chi connectivity index (χ3n) is 3.82. The Morgan fingerprint density at radius 3 is 2.75 bits per heavy atom. The Morgan fingerprint density at radius 2 is 2.12 bits per heavy atom. The van der Waals surface area contributed by atoms with Crippen LogP contribution in [-0.4, -0.2) is 44.3 Å². The normalized spacial score (nSPS) is 15.3. The number of nitrogens with zero attached hydrogens (tertiary/aromatic N) is 2. The molecule has 0 aliphatic carbocycles. The van der Waals surface area contributed by atoms with Crippen LogP contribution in [0.2, 0.25) is 0 Å². The Hall–Kier alpha value is -2.59. The summed E-state index contributed by atoms with van der Waals surface area (Å²) in [5.41, 5.74) is 1.34. The molecule has 1 saturated heterocycles. The summed E-state index contributed by atoms with van der Waals surface area (Å²) in [4.78, 5) is 25.8. The van der Waals surface area contributed by atoms with Crippen LogP contribution in [0, 0.1) is 11.3 Å². The Labute approximate surface area is 141 Å². The topological polar surface area (TPSA) is 91.7 Å². The molecule has 1 aliphatic heterocycles. The van der Waals surface area contributed by atoms with Crippen LogP contribution in [0.5, 0.6) is 0 Å². The highest BCUT2D eigenvalue weighted by atomic mass is 16.5. The highest BCUT2D eigenvalue weighted by molar-refractivity contribution is 6.37. The van der Waals surface area contributed by atoms with E-state index in [9.17, 15) is 14.9 Å². The van der Waals surface area contributed by atoms with E-state index in [2.05, 4.69) is 11.4 Å². The monoisotopic (exact) mass is 331 g/mol. The van der Waals surface area contributed by atoms with Crippen molar-refractivity contribution in [1.82, 2.24) is 0 Å². The minimum Gasteiger partial charge on any atom is -0.456 e. The molecule has 1 unspecified atom stereocenters. The van der Waals surface area contributed by atoms with Crippen molar-refractivity contribution in [2.75, 3.05) is 36.5 Å².